The van der Waals surface area contributed by atoms with Crippen molar-refractivity contribution in [3.8, 4) is 0 Å². The highest BCUT2D eigenvalue weighted by molar-refractivity contribution is 7.13. The molecule has 1 saturated heterocycles. The number of carbonyl (C=O) groups is 2. The average molecular weight is 369 g/mol. The van der Waals surface area contributed by atoms with Gasteiger partial charge in [0, 0.05) is 30.4 Å². The third kappa shape index (κ3) is 6.37. The normalized spacial score (nSPS) is 21.8. The zero-order chi connectivity index (χ0) is 18.6. The smallest absolute Gasteiger partial charge is 0.245 e. The van der Waals surface area contributed by atoms with E-state index in [4.69, 9.17) is 4.74 Å². The van der Waals surface area contributed by atoms with E-state index in [9.17, 15) is 9.59 Å². The van der Waals surface area contributed by atoms with Crippen LogP contribution in [0, 0.1) is 5.41 Å². The highest BCUT2D eigenvalue weighted by Crippen LogP contribution is 2.19. The summed E-state index contributed by atoms with van der Waals surface area (Å²) in [4.78, 5) is 30.5. The van der Waals surface area contributed by atoms with Gasteiger partial charge in [-0.2, -0.15) is 0 Å². The van der Waals surface area contributed by atoms with Gasteiger partial charge >= 0.3 is 0 Å². The molecule has 7 nitrogen and oxygen atoms in total. The molecule has 2 unspecified atom stereocenters. The second-order valence-electron chi connectivity index (χ2n) is 7.58. The highest BCUT2D eigenvalue weighted by Gasteiger charge is 2.23. The first-order chi connectivity index (χ1) is 11.6. The number of nitrogens with one attached hydrogen (secondary N) is 2. The van der Waals surface area contributed by atoms with Gasteiger partial charge in [-0.25, -0.2) is 4.98 Å². The van der Waals surface area contributed by atoms with Crippen LogP contribution in [0.25, 0.3) is 0 Å². The van der Waals surface area contributed by atoms with Crippen molar-refractivity contribution in [2.45, 2.75) is 53.4 Å². The van der Waals surface area contributed by atoms with E-state index in [-0.39, 0.29) is 30.6 Å². The Balaban J connectivity index is 1.81. The summed E-state index contributed by atoms with van der Waals surface area (Å²) in [7, 11) is 0. The molecule has 1 aromatic heterocycles. The predicted molar refractivity (Wildman–Crippen MR) is 98.5 cm³/mol. The quantitative estimate of drug-likeness (QED) is 0.829. The zero-order valence-electron chi connectivity index (χ0n) is 15.6. The van der Waals surface area contributed by atoms with Gasteiger partial charge in [0.25, 0.3) is 0 Å². The minimum atomic E-state index is -0.513. The molecule has 0 bridgehead atoms. The number of nitrogens with zero attached hydrogens (tertiary/aromatic N) is 2. The van der Waals surface area contributed by atoms with Crippen molar-refractivity contribution in [1.29, 1.82) is 0 Å². The maximum Gasteiger partial charge on any atom is 0.245 e. The Kier molecular flexibility index (Phi) is 6.53. The number of aromatic nitrogens is 1. The fourth-order valence-corrected chi connectivity index (χ4v) is 3.39. The number of hydrogen-bond donors (Lipinski definition) is 2. The number of hydrogen-bond acceptors (Lipinski definition) is 6. The van der Waals surface area contributed by atoms with E-state index in [0.29, 0.717) is 5.13 Å². The van der Waals surface area contributed by atoms with Gasteiger partial charge in [-0.05, 0) is 13.8 Å². The lowest BCUT2D eigenvalue weighted by Gasteiger charge is -2.34. The molecule has 1 aromatic rings. The maximum atomic E-state index is 11.9. The lowest BCUT2D eigenvalue weighted by atomic mass is 9.96. The van der Waals surface area contributed by atoms with Crippen molar-refractivity contribution >= 4 is 28.3 Å². The van der Waals surface area contributed by atoms with Crippen molar-refractivity contribution < 1.29 is 14.3 Å². The molecule has 0 saturated carbocycles. The van der Waals surface area contributed by atoms with Crippen molar-refractivity contribution in [2.24, 2.45) is 5.41 Å². The van der Waals surface area contributed by atoms with Gasteiger partial charge in [-0.3, -0.25) is 14.5 Å². The lowest BCUT2D eigenvalue weighted by Crippen LogP contribution is -2.44. The summed E-state index contributed by atoms with van der Waals surface area (Å²) in [6.45, 7) is 12.0. The standard InChI is InChI=1S/C17H28N4O3S/c1-11-7-21(8-12(2)24-11)9-13-10-25-16(19-13)20-14(22)6-18-15(23)17(3,4)5/h10-12H,6-9H2,1-5H3,(H,18,23)(H,19,20,22). The topological polar surface area (TPSA) is 83.6 Å². The number of carbonyl (C=O) groups excluding carboxylic acids is 2. The molecular weight excluding hydrogens is 340 g/mol. The fourth-order valence-electron chi connectivity index (χ4n) is 2.67. The largest absolute Gasteiger partial charge is 0.373 e. The Labute approximate surface area is 153 Å². The first-order valence-electron chi connectivity index (χ1n) is 8.54. The second kappa shape index (κ2) is 8.25. The highest BCUT2D eigenvalue weighted by atomic mass is 32.1. The van der Waals surface area contributed by atoms with Crippen molar-refractivity contribution in [1.82, 2.24) is 15.2 Å². The molecule has 8 heteroatoms. The van der Waals surface area contributed by atoms with Crippen LogP contribution in [0.3, 0.4) is 0 Å². The Morgan fingerprint density at radius 2 is 1.96 bits per heavy atom. The van der Waals surface area contributed by atoms with Crippen LogP contribution < -0.4 is 10.6 Å². The van der Waals surface area contributed by atoms with E-state index in [0.717, 1.165) is 25.3 Å². The minimum Gasteiger partial charge on any atom is -0.373 e. The van der Waals surface area contributed by atoms with Crippen LogP contribution in [-0.2, 0) is 20.9 Å². The Bertz CT molecular complexity index is 601. The van der Waals surface area contributed by atoms with Crippen LogP contribution in [-0.4, -0.2) is 53.5 Å². The van der Waals surface area contributed by atoms with Crippen molar-refractivity contribution in [2.75, 3.05) is 25.0 Å². The van der Waals surface area contributed by atoms with Crippen LogP contribution in [0.5, 0.6) is 0 Å². The molecular formula is C17H28N4O3S. The SMILES string of the molecule is CC1CN(Cc2csc(NC(=O)CNC(=O)C(C)(C)C)n2)CC(C)O1. The molecule has 2 rings (SSSR count). The number of thiazole rings is 1. The third-order valence-electron chi connectivity index (χ3n) is 3.77. The van der Waals surface area contributed by atoms with E-state index >= 15 is 0 Å². The van der Waals surface area contributed by atoms with Gasteiger partial charge in [0.05, 0.1) is 24.4 Å². The van der Waals surface area contributed by atoms with Gasteiger partial charge in [-0.15, -0.1) is 11.3 Å². The summed E-state index contributed by atoms with van der Waals surface area (Å²) in [5.74, 6) is -0.426. The van der Waals surface area contributed by atoms with Crippen LogP contribution in [0.1, 0.15) is 40.3 Å². The molecule has 1 fully saturated rings. The first-order valence-corrected chi connectivity index (χ1v) is 9.42. The van der Waals surface area contributed by atoms with Gasteiger partial charge < -0.3 is 15.4 Å². The van der Waals surface area contributed by atoms with Crippen molar-refractivity contribution in [3.63, 3.8) is 0 Å². The van der Waals surface area contributed by atoms with E-state index in [2.05, 4.69) is 34.4 Å². The van der Waals surface area contributed by atoms with Gasteiger partial charge in [0.15, 0.2) is 5.13 Å². The molecule has 2 N–H and O–H groups in total. The van der Waals surface area contributed by atoms with Crippen LogP contribution in [0.4, 0.5) is 5.13 Å². The van der Waals surface area contributed by atoms with Crippen LogP contribution in [0.2, 0.25) is 0 Å². The molecule has 140 valence electrons. The van der Waals surface area contributed by atoms with Crippen LogP contribution >= 0.6 is 11.3 Å². The molecule has 0 aromatic carbocycles. The first kappa shape index (κ1) is 19.8. The van der Waals surface area contributed by atoms with E-state index < -0.39 is 5.41 Å². The molecule has 0 aliphatic carbocycles. The minimum absolute atomic E-state index is 0.0521. The summed E-state index contributed by atoms with van der Waals surface area (Å²) in [6, 6.07) is 0. The Morgan fingerprint density at radius 1 is 1.32 bits per heavy atom. The Hall–Kier alpha value is -1.51. The molecule has 1 aliphatic heterocycles. The number of amides is 2. The van der Waals surface area contributed by atoms with Gasteiger partial charge in [-0.1, -0.05) is 20.8 Å². The molecule has 1 aliphatic rings. The van der Waals surface area contributed by atoms with E-state index in [1.165, 1.54) is 11.3 Å². The zero-order valence-corrected chi connectivity index (χ0v) is 16.4. The van der Waals surface area contributed by atoms with Crippen molar-refractivity contribution in [3.05, 3.63) is 11.1 Å². The lowest BCUT2D eigenvalue weighted by molar-refractivity contribution is -0.130. The number of ether oxygens (including phenoxy) is 1. The summed E-state index contributed by atoms with van der Waals surface area (Å²) < 4.78 is 5.73. The molecule has 2 amide bonds. The molecule has 25 heavy (non-hydrogen) atoms. The van der Waals surface area contributed by atoms with E-state index in [1.807, 2.05) is 5.38 Å². The second-order valence-corrected chi connectivity index (χ2v) is 8.43. The number of anilines is 1. The summed E-state index contributed by atoms with van der Waals surface area (Å²) in [5.41, 5.74) is 0.418. The number of morpholine rings is 1. The summed E-state index contributed by atoms with van der Waals surface area (Å²) >= 11 is 1.39. The number of rotatable bonds is 5. The molecule has 2 heterocycles. The Morgan fingerprint density at radius 3 is 2.56 bits per heavy atom. The van der Waals surface area contributed by atoms with E-state index in [1.54, 1.807) is 20.8 Å². The predicted octanol–water partition coefficient (Wildman–Crippen LogP) is 1.85. The van der Waals surface area contributed by atoms with Crippen LogP contribution in [0.15, 0.2) is 5.38 Å². The molecule has 0 radical (unpaired) electrons. The monoisotopic (exact) mass is 368 g/mol. The summed E-state index contributed by atoms with van der Waals surface area (Å²) in [6.07, 6.45) is 0.431. The molecule has 0 spiro atoms. The average Bonchev–Trinajstić information content (AvgIpc) is 2.89. The fraction of sp³-hybridized carbons (Fsp3) is 0.706. The summed E-state index contributed by atoms with van der Waals surface area (Å²) in [5, 5.41) is 7.87. The van der Waals surface area contributed by atoms with Gasteiger partial charge in [0.2, 0.25) is 11.8 Å². The maximum absolute atomic E-state index is 11.9. The van der Waals surface area contributed by atoms with Gasteiger partial charge in [0.1, 0.15) is 0 Å². The third-order valence-corrected chi connectivity index (χ3v) is 4.58. The molecule has 2 atom stereocenters.